The van der Waals surface area contributed by atoms with Gasteiger partial charge in [0.05, 0.1) is 11.1 Å². The Kier molecular flexibility index (Phi) is 1.99. The zero-order valence-electron chi connectivity index (χ0n) is 7.54. The Hall–Kier alpha value is -1.14. The molecule has 0 radical (unpaired) electrons. The zero-order chi connectivity index (χ0) is 11.4. The molecule has 16 heavy (non-hydrogen) atoms. The highest BCUT2D eigenvalue weighted by atomic mass is 79.9. The number of carbonyl (C=O) groups is 2. The van der Waals surface area contributed by atoms with Crippen molar-refractivity contribution in [3.63, 3.8) is 0 Å². The zero-order valence-corrected chi connectivity index (χ0v) is 10.7. The molecule has 0 fully saturated rings. The van der Waals surface area contributed by atoms with Gasteiger partial charge in [-0.25, -0.2) is 0 Å². The van der Waals surface area contributed by atoms with E-state index in [-0.39, 0.29) is 34.2 Å². The average Bonchev–Trinajstić information content (AvgIpc) is 2.78. The fourth-order valence-electron chi connectivity index (χ4n) is 1.64. The van der Waals surface area contributed by atoms with Gasteiger partial charge in [-0.1, -0.05) is 0 Å². The van der Waals surface area contributed by atoms with Gasteiger partial charge in [-0.05, 0) is 31.9 Å². The number of fused-ring (bicyclic) bond motifs is 2. The molecule has 1 aliphatic rings. The van der Waals surface area contributed by atoms with Crippen LogP contribution in [0.1, 0.15) is 32.2 Å². The summed E-state index contributed by atoms with van der Waals surface area (Å²) in [6, 6.07) is 2.93. The minimum atomic E-state index is -0.343. The number of ketones is 2. The monoisotopic (exact) mass is 344 g/mol. The van der Waals surface area contributed by atoms with Gasteiger partial charge in [0.2, 0.25) is 11.6 Å². The third-order valence-electron chi connectivity index (χ3n) is 2.31. The highest BCUT2D eigenvalue weighted by Crippen LogP contribution is 2.34. The van der Waals surface area contributed by atoms with Crippen LogP contribution in [0, 0.1) is 0 Å². The van der Waals surface area contributed by atoms with Crippen molar-refractivity contribution < 1.29 is 18.4 Å². The molecule has 0 bridgehead atoms. The van der Waals surface area contributed by atoms with E-state index in [1.165, 1.54) is 12.1 Å². The maximum Gasteiger partial charge on any atom is 0.233 e. The topological polar surface area (TPSA) is 60.4 Å². The predicted molar refractivity (Wildman–Crippen MR) is 59.7 cm³/mol. The Morgan fingerprint density at radius 1 is 0.812 bits per heavy atom. The van der Waals surface area contributed by atoms with E-state index in [1.807, 2.05) is 0 Å². The molecule has 0 saturated heterocycles. The van der Waals surface area contributed by atoms with Crippen LogP contribution in [0.2, 0.25) is 0 Å². The fourth-order valence-corrected chi connectivity index (χ4v) is 2.42. The second-order valence-corrected chi connectivity index (χ2v) is 4.81. The Bertz CT molecular complexity index is 532. The van der Waals surface area contributed by atoms with E-state index < -0.39 is 0 Å². The molecule has 1 aliphatic carbocycles. The van der Waals surface area contributed by atoms with Crippen LogP contribution in [0.25, 0.3) is 0 Å². The van der Waals surface area contributed by atoms with Crippen LogP contribution >= 0.6 is 31.9 Å². The lowest BCUT2D eigenvalue weighted by Gasteiger charge is -2.05. The van der Waals surface area contributed by atoms with E-state index >= 15 is 0 Å². The van der Waals surface area contributed by atoms with Crippen molar-refractivity contribution in [2.24, 2.45) is 0 Å². The smallest absolute Gasteiger partial charge is 0.233 e. The summed E-state index contributed by atoms with van der Waals surface area (Å²) in [5, 5.41) is 0. The summed E-state index contributed by atoms with van der Waals surface area (Å²) >= 11 is 6.17. The molecule has 0 atom stereocenters. The molecule has 0 spiro atoms. The molecular weight excluding hydrogens is 344 g/mol. The van der Waals surface area contributed by atoms with E-state index in [0.29, 0.717) is 9.34 Å². The lowest BCUT2D eigenvalue weighted by Crippen LogP contribution is -2.16. The van der Waals surface area contributed by atoms with Crippen LogP contribution in [-0.2, 0) is 0 Å². The summed E-state index contributed by atoms with van der Waals surface area (Å²) in [5.41, 5.74) is 0.456. The number of hydrogen-bond donors (Lipinski definition) is 0. The number of carbonyl (C=O) groups excluding carboxylic acids is 2. The van der Waals surface area contributed by atoms with Gasteiger partial charge in [0, 0.05) is 12.1 Å². The van der Waals surface area contributed by atoms with Crippen LogP contribution in [0.3, 0.4) is 0 Å². The summed E-state index contributed by atoms with van der Waals surface area (Å²) in [7, 11) is 0. The molecular formula is C10H2Br2O4. The van der Waals surface area contributed by atoms with Crippen molar-refractivity contribution in [1.29, 1.82) is 0 Å². The molecule has 0 saturated carbocycles. The predicted octanol–water partition coefficient (Wildman–Crippen LogP) is 3.17. The van der Waals surface area contributed by atoms with Crippen molar-refractivity contribution in [3.8, 4) is 0 Å². The normalized spacial score (nSPS) is 13.9. The van der Waals surface area contributed by atoms with E-state index in [9.17, 15) is 9.59 Å². The van der Waals surface area contributed by atoms with Gasteiger partial charge >= 0.3 is 0 Å². The molecule has 0 aliphatic heterocycles. The van der Waals surface area contributed by atoms with Crippen molar-refractivity contribution in [2.45, 2.75) is 0 Å². The maximum atomic E-state index is 11.9. The van der Waals surface area contributed by atoms with Gasteiger partial charge in [-0.3, -0.25) is 9.59 Å². The lowest BCUT2D eigenvalue weighted by molar-refractivity contribution is 0.0943. The van der Waals surface area contributed by atoms with Crippen molar-refractivity contribution in [3.05, 3.63) is 44.1 Å². The molecule has 2 aromatic rings. The molecule has 2 aromatic heterocycles. The summed E-state index contributed by atoms with van der Waals surface area (Å²) < 4.78 is 11.0. The molecule has 80 valence electrons. The van der Waals surface area contributed by atoms with Gasteiger partial charge in [0.15, 0.2) is 20.9 Å². The average molecular weight is 346 g/mol. The third kappa shape index (κ3) is 1.20. The molecule has 0 N–H and O–H groups in total. The van der Waals surface area contributed by atoms with Crippen LogP contribution in [0.15, 0.2) is 30.3 Å². The van der Waals surface area contributed by atoms with Crippen LogP contribution in [0.5, 0.6) is 0 Å². The molecule has 3 rings (SSSR count). The summed E-state index contributed by atoms with van der Waals surface area (Å²) in [5.74, 6) is -0.579. The Labute approximate surface area is 106 Å². The number of furan rings is 2. The van der Waals surface area contributed by atoms with Crippen LogP contribution in [-0.4, -0.2) is 11.6 Å². The van der Waals surface area contributed by atoms with Gasteiger partial charge < -0.3 is 8.83 Å². The van der Waals surface area contributed by atoms with E-state index in [2.05, 4.69) is 31.9 Å². The minimum Gasteiger partial charge on any atom is -0.445 e. The highest BCUT2D eigenvalue weighted by molar-refractivity contribution is 9.10. The standard InChI is InChI=1S/C10H2Br2O4/c11-5-1-3-7(13)10-4(2-6(12)16-10)8(14)9(3)15-5/h1-2H. The summed E-state index contributed by atoms with van der Waals surface area (Å²) in [6.45, 7) is 0. The fraction of sp³-hybridized carbons (Fsp3) is 0. The minimum absolute atomic E-state index is 0.0534. The Balaban J connectivity index is 2.32. The molecule has 4 nitrogen and oxygen atoms in total. The molecule has 6 heteroatoms. The summed E-state index contributed by atoms with van der Waals surface area (Å²) in [6.07, 6.45) is 0. The first-order chi connectivity index (χ1) is 7.58. The third-order valence-corrected chi connectivity index (χ3v) is 3.09. The van der Waals surface area contributed by atoms with Gasteiger partial charge in [-0.15, -0.1) is 0 Å². The molecule has 0 aromatic carbocycles. The second kappa shape index (κ2) is 3.18. The van der Waals surface area contributed by atoms with Gasteiger partial charge in [0.1, 0.15) is 0 Å². The van der Waals surface area contributed by atoms with E-state index in [0.717, 1.165) is 0 Å². The first-order valence-electron chi connectivity index (χ1n) is 4.26. The SMILES string of the molecule is O=C1c2cc(Br)oc2C(=O)c2cc(Br)oc21. The molecule has 0 amide bonds. The van der Waals surface area contributed by atoms with Crippen molar-refractivity contribution >= 4 is 43.4 Å². The molecule has 0 unspecified atom stereocenters. The molecule has 2 heterocycles. The lowest BCUT2D eigenvalue weighted by atomic mass is 9.95. The number of rotatable bonds is 0. The first-order valence-corrected chi connectivity index (χ1v) is 5.84. The second-order valence-electron chi connectivity index (χ2n) is 3.24. The summed E-state index contributed by atoms with van der Waals surface area (Å²) in [4.78, 5) is 23.9. The highest BCUT2D eigenvalue weighted by Gasteiger charge is 2.36. The maximum absolute atomic E-state index is 11.9. The van der Waals surface area contributed by atoms with Gasteiger partial charge in [0.25, 0.3) is 0 Å². The van der Waals surface area contributed by atoms with Crippen LogP contribution in [0.4, 0.5) is 0 Å². The van der Waals surface area contributed by atoms with E-state index in [4.69, 9.17) is 8.83 Å². The quantitative estimate of drug-likeness (QED) is 0.627. The number of hydrogen-bond acceptors (Lipinski definition) is 4. The van der Waals surface area contributed by atoms with Gasteiger partial charge in [-0.2, -0.15) is 0 Å². The van der Waals surface area contributed by atoms with Crippen molar-refractivity contribution in [2.75, 3.05) is 0 Å². The Morgan fingerprint density at radius 2 is 1.19 bits per heavy atom. The number of halogens is 2. The Morgan fingerprint density at radius 3 is 1.56 bits per heavy atom. The largest absolute Gasteiger partial charge is 0.445 e. The van der Waals surface area contributed by atoms with E-state index in [1.54, 1.807) is 0 Å². The van der Waals surface area contributed by atoms with Crippen LogP contribution < -0.4 is 0 Å². The van der Waals surface area contributed by atoms with Crippen molar-refractivity contribution in [1.82, 2.24) is 0 Å². The first kappa shape index (κ1) is 10.0.